The third-order valence-corrected chi connectivity index (χ3v) is 3.06. The Balaban J connectivity index is 2.39. The van der Waals surface area contributed by atoms with Crippen molar-refractivity contribution in [2.45, 2.75) is 40.0 Å². The van der Waals surface area contributed by atoms with Crippen LogP contribution in [0.3, 0.4) is 0 Å². The first-order valence-electron chi connectivity index (χ1n) is 6.58. The lowest BCUT2D eigenvalue weighted by Gasteiger charge is -2.30. The lowest BCUT2D eigenvalue weighted by molar-refractivity contribution is -0.150. The second kappa shape index (κ2) is 6.74. The first-order chi connectivity index (χ1) is 8.04. The Bertz CT molecular complexity index is 261. The fraction of sp³-hybridized carbons (Fsp3) is 0.846. The summed E-state index contributed by atoms with van der Waals surface area (Å²) in [6.07, 6.45) is 2.13. The van der Waals surface area contributed by atoms with Gasteiger partial charge in [-0.2, -0.15) is 0 Å². The summed E-state index contributed by atoms with van der Waals surface area (Å²) in [5.74, 6) is 0.523. The first kappa shape index (κ1) is 14.2. The zero-order valence-electron chi connectivity index (χ0n) is 11.2. The molecule has 1 aliphatic heterocycles. The number of nitrogens with zero attached hydrogens (tertiary/aromatic N) is 1. The Kier molecular flexibility index (Phi) is 5.62. The monoisotopic (exact) mass is 240 g/mol. The van der Waals surface area contributed by atoms with Crippen LogP contribution in [0.2, 0.25) is 0 Å². The number of rotatable bonds is 6. The highest BCUT2D eigenvalue weighted by molar-refractivity contribution is 5.97. The summed E-state index contributed by atoms with van der Waals surface area (Å²) in [7, 11) is 0. The van der Waals surface area contributed by atoms with E-state index in [0.29, 0.717) is 25.3 Å². The van der Waals surface area contributed by atoms with Gasteiger partial charge in [0, 0.05) is 19.4 Å². The Hall–Kier alpha value is -0.900. The van der Waals surface area contributed by atoms with E-state index in [2.05, 4.69) is 19.2 Å². The molecule has 0 aromatic rings. The van der Waals surface area contributed by atoms with Gasteiger partial charge in [0.15, 0.2) is 0 Å². The van der Waals surface area contributed by atoms with Gasteiger partial charge in [0.05, 0.1) is 0 Å². The van der Waals surface area contributed by atoms with Crippen LogP contribution in [0.25, 0.3) is 0 Å². The largest absolute Gasteiger partial charge is 0.316 e. The van der Waals surface area contributed by atoms with Crippen molar-refractivity contribution in [2.75, 3.05) is 19.6 Å². The second-order valence-electron chi connectivity index (χ2n) is 5.22. The molecule has 2 amide bonds. The average Bonchev–Trinajstić information content (AvgIpc) is 2.24. The molecular weight excluding hydrogens is 216 g/mol. The molecule has 1 heterocycles. The maximum atomic E-state index is 11.8. The number of hydrogen-bond donors (Lipinski definition) is 1. The van der Waals surface area contributed by atoms with E-state index in [1.54, 1.807) is 0 Å². The lowest BCUT2D eigenvalue weighted by Crippen LogP contribution is -2.46. The van der Waals surface area contributed by atoms with Crippen molar-refractivity contribution in [1.29, 1.82) is 0 Å². The lowest BCUT2D eigenvalue weighted by atomic mass is 9.97. The maximum Gasteiger partial charge on any atom is 0.229 e. The van der Waals surface area contributed by atoms with Crippen LogP contribution in [0.1, 0.15) is 40.0 Å². The third kappa shape index (κ3) is 4.46. The number of amides is 2. The summed E-state index contributed by atoms with van der Waals surface area (Å²) < 4.78 is 0. The van der Waals surface area contributed by atoms with Gasteiger partial charge in [0.2, 0.25) is 11.8 Å². The molecular formula is C13H24N2O2. The van der Waals surface area contributed by atoms with Crippen molar-refractivity contribution >= 4 is 11.8 Å². The average molecular weight is 240 g/mol. The molecule has 0 aliphatic carbocycles. The standard InChI is InChI=1S/C13H24N2O2/c1-4-5-14-8-11(3)9-15-12(16)6-10(2)7-13(15)17/h10-11,14H,4-9H2,1-3H3. The zero-order chi connectivity index (χ0) is 12.8. The summed E-state index contributed by atoms with van der Waals surface area (Å²) in [5.41, 5.74) is 0. The van der Waals surface area contributed by atoms with E-state index in [-0.39, 0.29) is 17.7 Å². The topological polar surface area (TPSA) is 49.4 Å². The molecule has 0 bridgehead atoms. The van der Waals surface area contributed by atoms with Crippen LogP contribution in [0, 0.1) is 11.8 Å². The zero-order valence-corrected chi connectivity index (χ0v) is 11.2. The van der Waals surface area contributed by atoms with E-state index in [1.165, 1.54) is 4.90 Å². The van der Waals surface area contributed by atoms with Crippen molar-refractivity contribution in [2.24, 2.45) is 11.8 Å². The second-order valence-corrected chi connectivity index (χ2v) is 5.22. The first-order valence-corrected chi connectivity index (χ1v) is 6.58. The molecule has 1 atom stereocenters. The Morgan fingerprint density at radius 3 is 2.47 bits per heavy atom. The Labute approximate surface area is 104 Å². The maximum absolute atomic E-state index is 11.8. The third-order valence-electron chi connectivity index (χ3n) is 3.06. The molecule has 1 rings (SSSR count). The van der Waals surface area contributed by atoms with Crippen LogP contribution >= 0.6 is 0 Å². The van der Waals surface area contributed by atoms with E-state index in [9.17, 15) is 9.59 Å². The quantitative estimate of drug-likeness (QED) is 0.564. The summed E-state index contributed by atoms with van der Waals surface area (Å²) in [4.78, 5) is 25.0. The number of hydrogen-bond acceptors (Lipinski definition) is 3. The van der Waals surface area contributed by atoms with E-state index in [4.69, 9.17) is 0 Å². The van der Waals surface area contributed by atoms with Crippen molar-refractivity contribution in [1.82, 2.24) is 10.2 Å². The highest BCUT2D eigenvalue weighted by Crippen LogP contribution is 2.19. The van der Waals surface area contributed by atoms with Crippen LogP contribution in [-0.4, -0.2) is 36.3 Å². The molecule has 17 heavy (non-hydrogen) atoms. The van der Waals surface area contributed by atoms with Gasteiger partial charge in [-0.05, 0) is 31.3 Å². The SMILES string of the molecule is CCCNCC(C)CN1C(=O)CC(C)CC1=O. The highest BCUT2D eigenvalue weighted by Gasteiger charge is 2.30. The minimum absolute atomic E-state index is 0.00362. The molecule has 1 saturated heterocycles. The van der Waals surface area contributed by atoms with Gasteiger partial charge in [-0.3, -0.25) is 14.5 Å². The van der Waals surface area contributed by atoms with Gasteiger partial charge >= 0.3 is 0 Å². The molecule has 98 valence electrons. The highest BCUT2D eigenvalue weighted by atomic mass is 16.2. The van der Waals surface area contributed by atoms with Gasteiger partial charge in [0.1, 0.15) is 0 Å². The molecule has 1 unspecified atom stereocenters. The number of likely N-dealkylation sites (tertiary alicyclic amines) is 1. The van der Waals surface area contributed by atoms with Crippen molar-refractivity contribution in [3.8, 4) is 0 Å². The fourth-order valence-corrected chi connectivity index (χ4v) is 2.13. The fourth-order valence-electron chi connectivity index (χ4n) is 2.13. The molecule has 0 aromatic carbocycles. The van der Waals surface area contributed by atoms with Crippen molar-refractivity contribution < 1.29 is 9.59 Å². The normalized spacial score (nSPS) is 19.8. The van der Waals surface area contributed by atoms with E-state index >= 15 is 0 Å². The smallest absolute Gasteiger partial charge is 0.229 e. The summed E-state index contributed by atoms with van der Waals surface area (Å²) in [5, 5.41) is 3.31. The number of carbonyl (C=O) groups is 2. The molecule has 0 spiro atoms. The van der Waals surface area contributed by atoms with Gasteiger partial charge in [-0.1, -0.05) is 20.8 Å². The van der Waals surface area contributed by atoms with Gasteiger partial charge in [-0.15, -0.1) is 0 Å². The van der Waals surface area contributed by atoms with Gasteiger partial charge in [-0.25, -0.2) is 0 Å². The van der Waals surface area contributed by atoms with Crippen molar-refractivity contribution in [3.63, 3.8) is 0 Å². The summed E-state index contributed by atoms with van der Waals surface area (Å²) in [6, 6.07) is 0. The molecule has 0 aromatic heterocycles. The van der Waals surface area contributed by atoms with E-state index < -0.39 is 0 Å². The Morgan fingerprint density at radius 1 is 1.35 bits per heavy atom. The summed E-state index contributed by atoms with van der Waals surface area (Å²) >= 11 is 0. The minimum atomic E-state index is -0.00362. The van der Waals surface area contributed by atoms with Crippen LogP contribution in [0.4, 0.5) is 0 Å². The van der Waals surface area contributed by atoms with Crippen molar-refractivity contribution in [3.05, 3.63) is 0 Å². The number of nitrogens with one attached hydrogen (secondary N) is 1. The van der Waals surface area contributed by atoms with Gasteiger partial charge in [0.25, 0.3) is 0 Å². The van der Waals surface area contributed by atoms with Crippen LogP contribution in [0.5, 0.6) is 0 Å². The molecule has 1 fully saturated rings. The van der Waals surface area contributed by atoms with E-state index in [1.807, 2.05) is 6.92 Å². The number of piperidine rings is 1. The van der Waals surface area contributed by atoms with Crippen LogP contribution in [-0.2, 0) is 9.59 Å². The van der Waals surface area contributed by atoms with Crippen LogP contribution < -0.4 is 5.32 Å². The number of carbonyl (C=O) groups excluding carboxylic acids is 2. The molecule has 0 radical (unpaired) electrons. The molecule has 0 saturated carbocycles. The Morgan fingerprint density at radius 2 is 1.94 bits per heavy atom. The molecule has 1 N–H and O–H groups in total. The predicted molar refractivity (Wildman–Crippen MR) is 67.4 cm³/mol. The number of imide groups is 1. The predicted octanol–water partition coefficient (Wildman–Crippen LogP) is 1.41. The van der Waals surface area contributed by atoms with E-state index in [0.717, 1.165) is 19.5 Å². The summed E-state index contributed by atoms with van der Waals surface area (Å²) in [6.45, 7) is 8.56. The van der Waals surface area contributed by atoms with Gasteiger partial charge < -0.3 is 5.32 Å². The minimum Gasteiger partial charge on any atom is -0.316 e. The molecule has 1 aliphatic rings. The molecule has 4 heteroatoms. The molecule has 4 nitrogen and oxygen atoms in total. The van der Waals surface area contributed by atoms with Crippen LogP contribution in [0.15, 0.2) is 0 Å².